The summed E-state index contributed by atoms with van der Waals surface area (Å²) in [6.45, 7) is 0. The van der Waals surface area contributed by atoms with Crippen molar-refractivity contribution in [3.8, 4) is 0 Å². The first-order valence-electron chi connectivity index (χ1n) is 13.3. The number of methoxy groups -OCH3 is 2. The van der Waals surface area contributed by atoms with Crippen molar-refractivity contribution in [1.82, 2.24) is 9.80 Å². The van der Waals surface area contributed by atoms with Crippen LogP contribution in [0, 0.1) is 10.8 Å². The van der Waals surface area contributed by atoms with E-state index in [0.717, 1.165) is 0 Å². The number of likely N-dealkylation sites (tertiary alicyclic amines) is 2. The Morgan fingerprint density at radius 1 is 0.524 bits per heavy atom. The maximum atomic E-state index is 12.3. The van der Waals surface area contributed by atoms with Crippen molar-refractivity contribution < 1.29 is 38.2 Å². The van der Waals surface area contributed by atoms with E-state index in [1.165, 1.54) is 62.8 Å². The Morgan fingerprint density at radius 3 is 1.14 bits per heavy atom. The van der Waals surface area contributed by atoms with Crippen LogP contribution in [0.5, 0.6) is 0 Å². The molecule has 2 aliphatic heterocycles. The summed E-state index contributed by atoms with van der Waals surface area (Å²) in [7, 11) is 6.32. The lowest BCUT2D eigenvalue weighted by Gasteiger charge is -2.45. The van der Waals surface area contributed by atoms with Crippen LogP contribution in [0.15, 0.2) is 96.6 Å². The predicted molar refractivity (Wildman–Crippen MR) is 150 cm³/mol. The molecule has 2 amide bonds. The van der Waals surface area contributed by atoms with Gasteiger partial charge in [0.05, 0.1) is 25.0 Å². The predicted octanol–water partition coefficient (Wildman–Crippen LogP) is 1.88. The lowest BCUT2D eigenvalue weighted by molar-refractivity contribution is -0.129. The smallest absolute Gasteiger partial charge is 0.224 e. The number of rotatable bonds is 2. The molecule has 0 N–H and O–H groups in total. The first-order valence-corrected chi connectivity index (χ1v) is 13.3. The Bertz CT molecular complexity index is 1420. The average Bonchev–Trinajstić information content (AvgIpc) is 3.30. The molecule has 10 nitrogen and oxygen atoms in total. The van der Waals surface area contributed by atoms with E-state index >= 15 is 0 Å². The lowest BCUT2D eigenvalue weighted by atomic mass is 9.65. The van der Waals surface area contributed by atoms with Crippen LogP contribution in [0.1, 0.15) is 12.8 Å². The Kier molecular flexibility index (Phi) is 6.76. The minimum Gasteiger partial charge on any atom is -0.498 e. The van der Waals surface area contributed by atoms with Gasteiger partial charge in [-0.2, -0.15) is 0 Å². The highest BCUT2D eigenvalue weighted by Crippen LogP contribution is 2.56. The number of ether oxygens (including phenoxy) is 2. The number of amides is 2. The number of hydrogen-bond acceptors (Lipinski definition) is 8. The van der Waals surface area contributed by atoms with E-state index in [9.17, 15) is 28.8 Å². The van der Waals surface area contributed by atoms with E-state index in [2.05, 4.69) is 0 Å². The van der Waals surface area contributed by atoms with Gasteiger partial charge in [0.15, 0.2) is 23.1 Å². The highest BCUT2D eigenvalue weighted by atomic mass is 16.5. The van der Waals surface area contributed by atoms with Crippen LogP contribution >= 0.6 is 0 Å². The molecule has 2 saturated heterocycles. The van der Waals surface area contributed by atoms with Crippen molar-refractivity contribution >= 4 is 34.9 Å². The van der Waals surface area contributed by atoms with Gasteiger partial charge in [-0.05, 0) is 48.6 Å². The van der Waals surface area contributed by atoms with Crippen LogP contribution in [0.25, 0.3) is 0 Å². The standard InChI is InChI=1S/2C16H15NO4/c2*1-17-14(20)10-15(6-3-11(18)4-7-15)16(17)8-5-12(19)9-13(16)21-2/h2*3-9H,10H2,1-2H3/t2*16-/m10/s1. The number of hydrogen-bond donors (Lipinski definition) is 0. The fourth-order valence-corrected chi connectivity index (χ4v) is 6.81. The molecule has 42 heavy (non-hydrogen) atoms. The van der Waals surface area contributed by atoms with E-state index in [-0.39, 0.29) is 47.8 Å². The number of ketones is 4. The van der Waals surface area contributed by atoms with Gasteiger partial charge >= 0.3 is 0 Å². The zero-order chi connectivity index (χ0) is 30.5. The second-order valence-electron chi connectivity index (χ2n) is 10.9. The van der Waals surface area contributed by atoms with E-state index in [0.29, 0.717) is 11.5 Å². The zero-order valence-corrected chi connectivity index (χ0v) is 23.7. The van der Waals surface area contributed by atoms with Gasteiger partial charge in [0.25, 0.3) is 0 Å². The van der Waals surface area contributed by atoms with Crippen molar-refractivity contribution in [2.75, 3.05) is 28.3 Å². The third-order valence-electron chi connectivity index (χ3n) is 9.01. The molecule has 2 fully saturated rings. The minimum atomic E-state index is -0.902. The van der Waals surface area contributed by atoms with Crippen molar-refractivity contribution in [2.24, 2.45) is 10.8 Å². The summed E-state index contributed by atoms with van der Waals surface area (Å²) >= 11 is 0. The summed E-state index contributed by atoms with van der Waals surface area (Å²) in [4.78, 5) is 74.0. The van der Waals surface area contributed by atoms with Crippen LogP contribution in [0.4, 0.5) is 0 Å². The molecule has 216 valence electrons. The fourth-order valence-electron chi connectivity index (χ4n) is 6.81. The van der Waals surface area contributed by atoms with Gasteiger partial charge in [-0.1, -0.05) is 24.3 Å². The number of carbonyl (C=O) groups is 6. The fraction of sp³-hybridized carbons (Fsp3) is 0.312. The molecule has 2 heterocycles. The molecule has 0 aromatic heterocycles. The van der Waals surface area contributed by atoms with Crippen LogP contribution in [0.2, 0.25) is 0 Å². The monoisotopic (exact) mass is 570 g/mol. The summed E-state index contributed by atoms with van der Waals surface area (Å²) in [6, 6.07) is 0. The van der Waals surface area contributed by atoms with Gasteiger partial charge in [0.2, 0.25) is 11.8 Å². The minimum absolute atomic E-state index is 0.0689. The first kappa shape index (κ1) is 28.7. The molecule has 6 rings (SSSR count). The van der Waals surface area contributed by atoms with Crippen LogP contribution in [-0.2, 0) is 38.2 Å². The van der Waals surface area contributed by atoms with Gasteiger partial charge in [-0.15, -0.1) is 0 Å². The van der Waals surface area contributed by atoms with Crippen molar-refractivity contribution in [2.45, 2.75) is 23.9 Å². The molecular weight excluding hydrogens is 540 g/mol. The summed E-state index contributed by atoms with van der Waals surface area (Å²) in [5.41, 5.74) is -3.24. The maximum absolute atomic E-state index is 12.3. The molecule has 6 aliphatic rings. The van der Waals surface area contributed by atoms with Crippen LogP contribution in [0.3, 0.4) is 0 Å². The van der Waals surface area contributed by atoms with Crippen LogP contribution < -0.4 is 0 Å². The topological polar surface area (TPSA) is 127 Å². The number of likely N-dealkylation sites (N-methyl/N-ethyl adjacent to an activating group) is 2. The molecule has 0 saturated carbocycles. The summed E-state index contributed by atoms with van der Waals surface area (Å²) in [5, 5.41) is 0. The summed E-state index contributed by atoms with van der Waals surface area (Å²) in [6.07, 6.45) is 22.3. The SMILES string of the molecule is COC1=CC(=O)C=C[C@@]12N(C)C(=O)CC21C=CC(=O)C=C1.COC1=CC(=O)C=C[C@]12N(C)C(=O)CC21C=CC(=O)C=C1. The summed E-state index contributed by atoms with van der Waals surface area (Å²) in [5.74, 6) is 0.0915. The number of fused-ring (bicyclic) bond motifs is 2. The molecule has 4 spiro atoms. The molecule has 0 unspecified atom stereocenters. The van der Waals surface area contributed by atoms with Gasteiger partial charge in [0, 0.05) is 39.1 Å². The highest BCUT2D eigenvalue weighted by molar-refractivity contribution is 6.05. The van der Waals surface area contributed by atoms with Gasteiger partial charge in [-0.25, -0.2) is 0 Å². The molecule has 0 aromatic carbocycles. The van der Waals surface area contributed by atoms with Gasteiger partial charge in [-0.3, -0.25) is 28.8 Å². The third kappa shape index (κ3) is 3.85. The van der Waals surface area contributed by atoms with Gasteiger partial charge in [0.1, 0.15) is 22.6 Å². The number of nitrogens with zero attached hydrogens (tertiary/aromatic N) is 2. The molecule has 10 heteroatoms. The highest BCUT2D eigenvalue weighted by Gasteiger charge is 2.63. The Hall–Kier alpha value is -4.86. The summed E-state index contributed by atoms with van der Waals surface area (Å²) < 4.78 is 10.8. The van der Waals surface area contributed by atoms with Crippen molar-refractivity contribution in [3.63, 3.8) is 0 Å². The molecule has 0 aromatic rings. The van der Waals surface area contributed by atoms with Crippen molar-refractivity contribution in [3.05, 3.63) is 96.6 Å². The molecule has 0 radical (unpaired) electrons. The molecular formula is C32H30N2O8. The zero-order valence-electron chi connectivity index (χ0n) is 23.7. The largest absolute Gasteiger partial charge is 0.498 e. The maximum Gasteiger partial charge on any atom is 0.224 e. The lowest BCUT2D eigenvalue weighted by Crippen LogP contribution is -2.53. The van der Waals surface area contributed by atoms with Crippen molar-refractivity contribution in [1.29, 1.82) is 0 Å². The first-order chi connectivity index (χ1) is 19.9. The Balaban J connectivity index is 0.000000168. The van der Waals surface area contributed by atoms with E-state index in [4.69, 9.17) is 9.47 Å². The quantitative estimate of drug-likeness (QED) is 0.493. The second kappa shape index (κ2) is 9.90. The number of carbonyl (C=O) groups excluding carboxylic acids is 6. The third-order valence-corrected chi connectivity index (χ3v) is 9.01. The Labute approximate surface area is 242 Å². The normalized spacial score (nSPS) is 29.7. The molecule has 2 atom stereocenters. The van der Waals surface area contributed by atoms with Gasteiger partial charge < -0.3 is 19.3 Å². The van der Waals surface area contributed by atoms with E-state index < -0.39 is 21.9 Å². The number of allylic oxidation sites excluding steroid dienone is 8. The molecule has 0 bridgehead atoms. The second-order valence-corrected chi connectivity index (χ2v) is 10.9. The Morgan fingerprint density at radius 2 is 0.833 bits per heavy atom. The van der Waals surface area contributed by atoms with Crippen LogP contribution in [-0.4, -0.2) is 84.1 Å². The van der Waals surface area contributed by atoms with E-state index in [1.54, 1.807) is 60.4 Å². The van der Waals surface area contributed by atoms with E-state index in [1.807, 2.05) is 0 Å². The molecule has 4 aliphatic carbocycles. The average molecular weight is 571 g/mol.